The molecule has 1 N–H and O–H groups in total. The minimum Gasteiger partial charge on any atom is -0.292 e. The zero-order chi connectivity index (χ0) is 13.1. The fourth-order valence-corrected chi connectivity index (χ4v) is 1.67. The van der Waals surface area contributed by atoms with Gasteiger partial charge >= 0.3 is 6.18 Å². The van der Waals surface area contributed by atoms with E-state index >= 15 is 0 Å². The highest BCUT2D eigenvalue weighted by atomic mass is 35.5. The molecular weight excluding hydrogens is 301 g/mol. The Balaban J connectivity index is 2.55. The van der Waals surface area contributed by atoms with Gasteiger partial charge < -0.3 is 0 Å². The van der Waals surface area contributed by atoms with Crippen LogP contribution in [0.4, 0.5) is 13.2 Å². The van der Waals surface area contributed by atoms with Crippen molar-refractivity contribution < 1.29 is 18.0 Å². The molecule has 0 aliphatic rings. The summed E-state index contributed by atoms with van der Waals surface area (Å²) < 4.78 is 35.3. The quantitative estimate of drug-likeness (QED) is 0.510. The molecule has 1 rings (SSSR count). The van der Waals surface area contributed by atoms with Crippen molar-refractivity contribution in [2.45, 2.75) is 12.7 Å². The Bertz CT molecular complexity index is 398. The minimum atomic E-state index is -4.39. The summed E-state index contributed by atoms with van der Waals surface area (Å²) in [4.78, 5) is 4.22. The van der Waals surface area contributed by atoms with Crippen LogP contribution in [-0.2, 0) is 11.4 Å². The smallest absolute Gasteiger partial charge is 0.292 e. The van der Waals surface area contributed by atoms with Crippen LogP contribution in [0.1, 0.15) is 5.56 Å². The van der Waals surface area contributed by atoms with Crippen LogP contribution in [0.15, 0.2) is 12.1 Å². The molecule has 0 fully saturated rings. The van der Waals surface area contributed by atoms with Gasteiger partial charge in [0.25, 0.3) is 0 Å². The number of alkyl halides is 3. The second kappa shape index (κ2) is 6.11. The average Bonchev–Trinajstić information content (AvgIpc) is 2.21. The predicted octanol–water partition coefficient (Wildman–Crippen LogP) is 4.23. The van der Waals surface area contributed by atoms with Crippen LogP contribution < -0.4 is 5.48 Å². The molecule has 0 saturated heterocycles. The topological polar surface area (TPSA) is 21.3 Å². The van der Waals surface area contributed by atoms with Gasteiger partial charge in [-0.05, 0) is 12.1 Å². The summed E-state index contributed by atoms with van der Waals surface area (Å²) in [7, 11) is 0. The third kappa shape index (κ3) is 4.89. The monoisotopic (exact) mass is 307 g/mol. The highest BCUT2D eigenvalue weighted by Crippen LogP contribution is 2.31. The van der Waals surface area contributed by atoms with Gasteiger partial charge in [-0.15, -0.1) is 0 Å². The van der Waals surface area contributed by atoms with E-state index in [-0.39, 0.29) is 16.6 Å². The Morgan fingerprint density at radius 3 is 2.29 bits per heavy atom. The molecule has 0 radical (unpaired) electrons. The van der Waals surface area contributed by atoms with E-state index in [0.29, 0.717) is 10.6 Å². The minimum absolute atomic E-state index is 0.0751. The van der Waals surface area contributed by atoms with E-state index in [1.165, 1.54) is 12.1 Å². The van der Waals surface area contributed by atoms with E-state index in [9.17, 15) is 13.2 Å². The van der Waals surface area contributed by atoms with Crippen LogP contribution in [0, 0.1) is 0 Å². The molecule has 0 bridgehead atoms. The number of nitrogens with one attached hydrogen (secondary N) is 1. The van der Waals surface area contributed by atoms with E-state index in [0.717, 1.165) is 0 Å². The first-order valence-corrected chi connectivity index (χ1v) is 5.48. The van der Waals surface area contributed by atoms with Crippen LogP contribution in [-0.4, -0.2) is 12.8 Å². The molecule has 0 unspecified atom stereocenters. The van der Waals surface area contributed by atoms with Crippen molar-refractivity contribution in [1.29, 1.82) is 0 Å². The van der Waals surface area contributed by atoms with Crippen molar-refractivity contribution in [2.24, 2.45) is 0 Å². The molecule has 1 aromatic carbocycles. The molecular formula is C9H7Cl3F3NO. The van der Waals surface area contributed by atoms with Gasteiger partial charge in [-0.3, -0.25) is 4.84 Å². The molecule has 0 heterocycles. The van der Waals surface area contributed by atoms with Gasteiger partial charge in [0.05, 0.1) is 10.0 Å². The fourth-order valence-electron chi connectivity index (χ4n) is 0.987. The summed E-state index contributed by atoms with van der Waals surface area (Å²) in [6.07, 6.45) is -4.39. The lowest BCUT2D eigenvalue weighted by Crippen LogP contribution is -2.24. The third-order valence-corrected chi connectivity index (χ3v) is 2.92. The first kappa shape index (κ1) is 14.9. The van der Waals surface area contributed by atoms with Crippen LogP contribution in [0.5, 0.6) is 0 Å². The summed E-state index contributed by atoms with van der Waals surface area (Å²) in [5.41, 5.74) is 2.50. The van der Waals surface area contributed by atoms with Gasteiger partial charge in [0.1, 0.15) is 0 Å². The van der Waals surface area contributed by atoms with E-state index < -0.39 is 12.8 Å². The normalized spacial score (nSPS) is 11.9. The zero-order valence-corrected chi connectivity index (χ0v) is 10.5. The largest absolute Gasteiger partial charge is 0.413 e. The van der Waals surface area contributed by atoms with Gasteiger partial charge in [0.2, 0.25) is 0 Å². The van der Waals surface area contributed by atoms with Crippen LogP contribution >= 0.6 is 34.8 Å². The molecule has 2 nitrogen and oxygen atoms in total. The van der Waals surface area contributed by atoms with Crippen LogP contribution in [0.3, 0.4) is 0 Å². The summed E-state index contributed by atoms with van der Waals surface area (Å²) in [6.45, 7) is -1.48. The van der Waals surface area contributed by atoms with Crippen molar-refractivity contribution in [3.8, 4) is 0 Å². The van der Waals surface area contributed by atoms with Gasteiger partial charge in [0.15, 0.2) is 6.61 Å². The molecule has 0 saturated carbocycles. The maximum atomic E-state index is 11.8. The summed E-state index contributed by atoms with van der Waals surface area (Å²) >= 11 is 17.4. The van der Waals surface area contributed by atoms with E-state index in [2.05, 4.69) is 10.3 Å². The van der Waals surface area contributed by atoms with Crippen molar-refractivity contribution in [1.82, 2.24) is 5.48 Å². The number of halogens is 6. The molecule has 17 heavy (non-hydrogen) atoms. The van der Waals surface area contributed by atoms with Gasteiger partial charge in [-0.2, -0.15) is 18.7 Å². The number of rotatable bonds is 4. The Kier molecular flexibility index (Phi) is 5.34. The zero-order valence-electron chi connectivity index (χ0n) is 8.24. The second-order valence-corrected chi connectivity index (χ2v) is 4.24. The van der Waals surface area contributed by atoms with E-state index in [1.54, 1.807) is 0 Å². The predicted molar refractivity (Wildman–Crippen MR) is 60.3 cm³/mol. The Morgan fingerprint density at radius 2 is 1.71 bits per heavy atom. The molecule has 0 spiro atoms. The molecule has 0 aliphatic heterocycles. The SMILES string of the molecule is FC(F)(F)CONCc1c(Cl)ccc(Cl)c1Cl. The van der Waals surface area contributed by atoms with Gasteiger partial charge in [-0.25, -0.2) is 0 Å². The highest BCUT2D eigenvalue weighted by molar-refractivity contribution is 6.44. The van der Waals surface area contributed by atoms with Crippen LogP contribution in [0.25, 0.3) is 0 Å². The number of hydrogen-bond donors (Lipinski definition) is 1. The molecule has 96 valence electrons. The van der Waals surface area contributed by atoms with Gasteiger partial charge in [-0.1, -0.05) is 34.8 Å². The standard InChI is InChI=1S/C9H7Cl3F3NO/c10-6-1-2-7(11)8(12)5(6)3-16-17-4-9(13,14)15/h1-2,16H,3-4H2. The first-order valence-electron chi connectivity index (χ1n) is 4.35. The van der Waals surface area contributed by atoms with Crippen molar-refractivity contribution >= 4 is 34.8 Å². The Morgan fingerprint density at radius 1 is 1.12 bits per heavy atom. The molecule has 8 heteroatoms. The molecule has 1 aromatic rings. The number of hydroxylamine groups is 1. The van der Waals surface area contributed by atoms with Crippen LogP contribution in [0.2, 0.25) is 15.1 Å². The van der Waals surface area contributed by atoms with Crippen molar-refractivity contribution in [3.05, 3.63) is 32.8 Å². The van der Waals surface area contributed by atoms with Crippen molar-refractivity contribution in [2.75, 3.05) is 6.61 Å². The third-order valence-electron chi connectivity index (χ3n) is 1.73. The summed E-state index contributed by atoms with van der Waals surface area (Å²) in [6, 6.07) is 2.99. The summed E-state index contributed by atoms with van der Waals surface area (Å²) in [5.74, 6) is 0. The van der Waals surface area contributed by atoms with E-state index in [4.69, 9.17) is 34.8 Å². The maximum Gasteiger partial charge on any atom is 0.413 e. The lowest BCUT2D eigenvalue weighted by Gasteiger charge is -2.11. The number of hydrogen-bond acceptors (Lipinski definition) is 2. The number of benzene rings is 1. The molecule has 0 atom stereocenters. The average molecular weight is 309 g/mol. The first-order chi connectivity index (χ1) is 7.81. The highest BCUT2D eigenvalue weighted by Gasteiger charge is 2.27. The second-order valence-electron chi connectivity index (χ2n) is 3.05. The Labute approximate surface area is 111 Å². The van der Waals surface area contributed by atoms with E-state index in [1.807, 2.05) is 0 Å². The lowest BCUT2D eigenvalue weighted by molar-refractivity contribution is -0.190. The van der Waals surface area contributed by atoms with Gasteiger partial charge in [0, 0.05) is 17.1 Å². The fraction of sp³-hybridized carbons (Fsp3) is 0.333. The molecule has 0 amide bonds. The summed E-state index contributed by atoms with van der Waals surface area (Å²) in [5, 5.41) is 0.744. The molecule has 0 aromatic heterocycles. The lowest BCUT2D eigenvalue weighted by atomic mass is 10.2. The van der Waals surface area contributed by atoms with Crippen molar-refractivity contribution in [3.63, 3.8) is 0 Å². The maximum absolute atomic E-state index is 11.8. The Hall–Kier alpha value is -0.200. The molecule has 0 aliphatic carbocycles.